The van der Waals surface area contributed by atoms with Gasteiger partial charge in [0, 0.05) is 24.4 Å². The first-order valence-electron chi connectivity index (χ1n) is 17.5. The predicted molar refractivity (Wildman–Crippen MR) is 209 cm³/mol. The number of hydrogen-bond donors (Lipinski definition) is 3. The van der Waals surface area contributed by atoms with E-state index in [1.807, 2.05) is 67.8 Å². The second kappa shape index (κ2) is 22.3. The minimum absolute atomic E-state index is 0.0551. The highest BCUT2D eigenvalue weighted by Gasteiger charge is 2.26. The number of carbonyl (C=O) groups is 3. The van der Waals surface area contributed by atoms with Crippen molar-refractivity contribution in [3.63, 3.8) is 0 Å². The number of nitrogens with zero attached hydrogens (tertiary/aromatic N) is 1. The summed E-state index contributed by atoms with van der Waals surface area (Å²) in [6.45, 7) is 9.84. The van der Waals surface area contributed by atoms with Crippen LogP contribution >= 0.6 is 11.8 Å². The number of hydrogen-bond acceptors (Lipinski definition) is 7. The molecule has 0 saturated carbocycles. The zero-order chi connectivity index (χ0) is 38.0. The molecule has 1 heterocycles. The average Bonchev–Trinajstić information content (AvgIpc) is 3.52. The minimum Gasteiger partial charge on any atom is -0.481 e. The monoisotopic (exact) mass is 740 g/mol. The Morgan fingerprint density at radius 3 is 2.16 bits per heavy atom. The normalized spacial score (nSPS) is 15.4. The Balaban J connectivity index is 0.000000408. The maximum atomic E-state index is 13.2. The number of aliphatic carboxylic acids is 2. The van der Waals surface area contributed by atoms with E-state index in [1.54, 1.807) is 11.8 Å². The smallest absolute Gasteiger partial charge is 0.326 e. The van der Waals surface area contributed by atoms with Crippen LogP contribution in [0, 0.1) is 19.8 Å². The lowest BCUT2D eigenvalue weighted by atomic mass is 9.93. The number of aryl methyl sites for hydroxylation is 2. The molecule has 51 heavy (non-hydrogen) atoms. The zero-order valence-electron chi connectivity index (χ0n) is 30.9. The molecule has 3 N–H and O–H groups in total. The van der Waals surface area contributed by atoms with Crippen molar-refractivity contribution in [2.45, 2.75) is 84.8 Å². The van der Waals surface area contributed by atoms with E-state index in [-0.39, 0.29) is 18.1 Å². The third kappa shape index (κ3) is 16.0. The van der Waals surface area contributed by atoms with Gasteiger partial charge in [-0.15, -0.1) is 0 Å². The van der Waals surface area contributed by atoms with Gasteiger partial charge in [0.15, 0.2) is 0 Å². The Morgan fingerprint density at radius 2 is 1.61 bits per heavy atom. The molecule has 9 nitrogen and oxygen atoms in total. The number of carboxylic acids is 2. The van der Waals surface area contributed by atoms with E-state index in [0.717, 1.165) is 36.0 Å². The van der Waals surface area contributed by atoms with Gasteiger partial charge in [0.25, 0.3) is 5.91 Å². The Bertz CT molecular complexity index is 1650. The Labute approximate surface area is 309 Å². The number of carbonyl (C=O) groups excluding carboxylic acids is 1. The molecule has 4 rings (SSSR count). The van der Waals surface area contributed by atoms with Crippen molar-refractivity contribution < 1.29 is 33.0 Å². The minimum atomic E-state index is -3.02. The van der Waals surface area contributed by atoms with Crippen LogP contribution in [0.4, 0.5) is 0 Å². The van der Waals surface area contributed by atoms with Crippen molar-refractivity contribution in [3.05, 3.63) is 95.1 Å². The van der Waals surface area contributed by atoms with Crippen molar-refractivity contribution in [2.24, 2.45) is 5.92 Å². The van der Waals surface area contributed by atoms with E-state index in [0.29, 0.717) is 23.8 Å². The van der Waals surface area contributed by atoms with E-state index in [1.165, 1.54) is 43.7 Å². The second-order valence-corrected chi connectivity index (χ2v) is 16.5. The van der Waals surface area contributed by atoms with Crippen LogP contribution in [0.25, 0.3) is 11.1 Å². The van der Waals surface area contributed by atoms with Crippen molar-refractivity contribution in [1.29, 1.82) is 0 Å². The summed E-state index contributed by atoms with van der Waals surface area (Å²) in [5.74, 6) is -2.24. The van der Waals surface area contributed by atoms with E-state index in [2.05, 4.69) is 42.3 Å². The number of sulfone groups is 1. The molecule has 1 saturated heterocycles. The average molecular weight is 741 g/mol. The SMILES string of the molecule is CC(CCS(C)(=O)=O)C(=O)O.CCCC1CCCN1Cc1ccc(C(=O)NC(CCSC)C(=O)O)c(-c2ccccc2C)c1.Cc1ccccc1. The molecule has 280 valence electrons. The lowest BCUT2D eigenvalue weighted by molar-refractivity contribution is -0.141. The quantitative estimate of drug-likeness (QED) is 0.145. The molecule has 1 fully saturated rings. The summed E-state index contributed by atoms with van der Waals surface area (Å²) in [5, 5.41) is 20.7. The van der Waals surface area contributed by atoms with E-state index >= 15 is 0 Å². The highest BCUT2D eigenvalue weighted by molar-refractivity contribution is 7.98. The fourth-order valence-electron chi connectivity index (χ4n) is 5.76. The number of carboxylic acid groups (broad SMARTS) is 2. The van der Waals surface area contributed by atoms with Crippen LogP contribution in [0.5, 0.6) is 0 Å². The van der Waals surface area contributed by atoms with Gasteiger partial charge in [-0.2, -0.15) is 11.8 Å². The highest BCUT2D eigenvalue weighted by Crippen LogP contribution is 2.30. The molecule has 11 heteroatoms. The molecule has 1 aliphatic heterocycles. The molecule has 1 amide bonds. The highest BCUT2D eigenvalue weighted by atomic mass is 32.2. The molecular weight excluding hydrogens is 685 g/mol. The molecular formula is C40H56N2O7S2. The Morgan fingerprint density at radius 1 is 0.941 bits per heavy atom. The second-order valence-electron chi connectivity index (χ2n) is 13.2. The van der Waals surface area contributed by atoms with Crippen LogP contribution in [-0.2, 0) is 26.0 Å². The topological polar surface area (TPSA) is 141 Å². The van der Waals surface area contributed by atoms with Gasteiger partial charge in [-0.1, -0.05) is 86.5 Å². The molecule has 0 aromatic heterocycles. The molecule has 0 bridgehead atoms. The summed E-state index contributed by atoms with van der Waals surface area (Å²) in [4.78, 5) is 37.7. The molecule has 3 unspecified atom stereocenters. The van der Waals surface area contributed by atoms with E-state index < -0.39 is 33.7 Å². The molecule has 3 atom stereocenters. The number of amides is 1. The lowest BCUT2D eigenvalue weighted by Gasteiger charge is -2.25. The summed E-state index contributed by atoms with van der Waals surface area (Å²) in [7, 11) is -3.02. The fraction of sp³-hybridized carbons (Fsp3) is 0.475. The number of thioether (sulfide) groups is 1. The standard InChI is InChI=1S/C27H36N2O3S.C7H8.C6H12O4S/c1-4-8-21-10-7-15-29(21)18-20-12-13-23(24(17-20)22-11-6-5-9-19(22)2)26(30)28-25(27(31)32)14-16-33-3;1-7-5-3-2-4-6-7;1-5(6(7)8)3-4-11(2,9)10/h5-6,9,11-13,17,21,25H,4,7-8,10,14-16,18H2,1-3H3,(H,28,30)(H,31,32);2-6H,1H3;5H,3-4H2,1-2H3,(H,7,8). The number of nitrogens with one attached hydrogen (secondary N) is 1. The first-order chi connectivity index (χ1) is 24.2. The number of benzene rings is 3. The van der Waals surface area contributed by atoms with Crippen LogP contribution in [-0.4, -0.2) is 84.0 Å². The van der Waals surface area contributed by atoms with Gasteiger partial charge < -0.3 is 15.5 Å². The largest absolute Gasteiger partial charge is 0.481 e. The zero-order valence-corrected chi connectivity index (χ0v) is 32.6. The summed E-state index contributed by atoms with van der Waals surface area (Å²) in [6, 6.07) is 24.1. The van der Waals surface area contributed by atoms with Crippen molar-refractivity contribution in [2.75, 3.05) is 30.6 Å². The van der Waals surface area contributed by atoms with Gasteiger partial charge >= 0.3 is 11.9 Å². The Hall–Kier alpha value is -3.67. The summed E-state index contributed by atoms with van der Waals surface area (Å²) in [6.07, 6.45) is 8.52. The van der Waals surface area contributed by atoms with Crippen molar-refractivity contribution in [3.8, 4) is 11.1 Å². The number of rotatable bonds is 15. The van der Waals surface area contributed by atoms with Crippen LogP contribution < -0.4 is 5.32 Å². The summed E-state index contributed by atoms with van der Waals surface area (Å²) in [5.41, 5.74) is 5.99. The maximum absolute atomic E-state index is 13.2. The van der Waals surface area contributed by atoms with Gasteiger partial charge in [-0.05, 0) is 98.9 Å². The van der Waals surface area contributed by atoms with E-state index in [9.17, 15) is 27.9 Å². The first-order valence-corrected chi connectivity index (χ1v) is 21.0. The van der Waals surface area contributed by atoms with Crippen LogP contribution in [0.15, 0.2) is 72.8 Å². The lowest BCUT2D eigenvalue weighted by Crippen LogP contribution is -2.41. The van der Waals surface area contributed by atoms with Gasteiger partial charge in [0.05, 0.1) is 11.7 Å². The molecule has 0 aliphatic carbocycles. The van der Waals surface area contributed by atoms with Gasteiger partial charge in [-0.3, -0.25) is 14.5 Å². The molecule has 3 aromatic carbocycles. The molecule has 0 spiro atoms. The Kier molecular flexibility index (Phi) is 19.0. The molecule has 0 radical (unpaired) electrons. The van der Waals surface area contributed by atoms with Gasteiger partial charge in [0.1, 0.15) is 15.9 Å². The summed E-state index contributed by atoms with van der Waals surface area (Å²) >= 11 is 1.57. The third-order valence-corrected chi connectivity index (χ3v) is 10.4. The van der Waals surface area contributed by atoms with Gasteiger partial charge in [0.2, 0.25) is 0 Å². The molecule has 1 aliphatic rings. The molecule has 3 aromatic rings. The van der Waals surface area contributed by atoms with Crippen LogP contribution in [0.3, 0.4) is 0 Å². The van der Waals surface area contributed by atoms with Crippen molar-refractivity contribution in [1.82, 2.24) is 10.2 Å². The van der Waals surface area contributed by atoms with Gasteiger partial charge in [-0.25, -0.2) is 13.2 Å². The van der Waals surface area contributed by atoms with Crippen molar-refractivity contribution >= 4 is 39.4 Å². The fourth-order valence-corrected chi connectivity index (χ4v) is 7.01. The van der Waals surface area contributed by atoms with Crippen LogP contribution in [0.2, 0.25) is 0 Å². The van der Waals surface area contributed by atoms with Crippen LogP contribution in [0.1, 0.15) is 79.4 Å². The first kappa shape index (κ1) is 43.5. The third-order valence-electron chi connectivity index (χ3n) is 8.77. The maximum Gasteiger partial charge on any atom is 0.326 e. The van der Waals surface area contributed by atoms with E-state index in [4.69, 9.17) is 5.11 Å². The summed E-state index contributed by atoms with van der Waals surface area (Å²) < 4.78 is 21.1. The number of likely N-dealkylation sites (tertiary alicyclic amines) is 1. The predicted octanol–water partition coefficient (Wildman–Crippen LogP) is 7.50.